The maximum absolute atomic E-state index is 13.8. The number of rotatable bonds is 2. The number of aromatic nitrogens is 4. The van der Waals surface area contributed by atoms with Gasteiger partial charge < -0.3 is 0 Å². The van der Waals surface area contributed by atoms with Crippen LogP contribution in [-0.4, -0.2) is 19.6 Å². The quantitative estimate of drug-likeness (QED) is 0.556. The van der Waals surface area contributed by atoms with Crippen LogP contribution in [0.4, 0.5) is 4.39 Å². The Morgan fingerprint density at radius 3 is 2.71 bits per heavy atom. The molecule has 0 saturated carbocycles. The van der Waals surface area contributed by atoms with E-state index in [1.807, 2.05) is 43.5 Å². The standard InChI is InChI=1S/C19H15FN4/c1-12-11-16(20)13(2)10-15(12)19-14(4-3-7-21-19)17-6-9-24-18(23-17)5-8-22-24/h3-11H,1-2H3. The number of fused-ring (bicyclic) bond motifs is 1. The first-order valence-electron chi connectivity index (χ1n) is 7.66. The molecule has 0 fully saturated rings. The van der Waals surface area contributed by atoms with Crippen molar-refractivity contribution in [2.75, 3.05) is 0 Å². The second-order valence-electron chi connectivity index (χ2n) is 5.76. The highest BCUT2D eigenvalue weighted by atomic mass is 19.1. The zero-order chi connectivity index (χ0) is 16.7. The van der Waals surface area contributed by atoms with E-state index in [1.165, 1.54) is 0 Å². The normalized spacial score (nSPS) is 11.1. The predicted octanol–water partition coefficient (Wildman–Crippen LogP) is 4.21. The van der Waals surface area contributed by atoms with Crippen molar-refractivity contribution in [3.8, 4) is 22.5 Å². The van der Waals surface area contributed by atoms with Crippen LogP contribution in [0.3, 0.4) is 0 Å². The Bertz CT molecular complexity index is 1050. The number of aryl methyl sites for hydroxylation is 2. The van der Waals surface area contributed by atoms with Crippen LogP contribution in [0.25, 0.3) is 28.2 Å². The van der Waals surface area contributed by atoms with E-state index in [0.717, 1.165) is 33.7 Å². The molecule has 0 N–H and O–H groups in total. The summed E-state index contributed by atoms with van der Waals surface area (Å²) in [4.78, 5) is 9.19. The second-order valence-corrected chi connectivity index (χ2v) is 5.76. The minimum Gasteiger partial charge on any atom is -0.256 e. The molecule has 0 aliphatic carbocycles. The number of pyridine rings is 1. The maximum Gasteiger partial charge on any atom is 0.155 e. The van der Waals surface area contributed by atoms with E-state index < -0.39 is 0 Å². The third-order valence-corrected chi connectivity index (χ3v) is 4.10. The highest BCUT2D eigenvalue weighted by molar-refractivity contribution is 5.81. The predicted molar refractivity (Wildman–Crippen MR) is 91.1 cm³/mol. The van der Waals surface area contributed by atoms with E-state index in [9.17, 15) is 4.39 Å². The molecule has 0 aliphatic rings. The van der Waals surface area contributed by atoms with Crippen molar-refractivity contribution in [2.45, 2.75) is 13.8 Å². The van der Waals surface area contributed by atoms with Crippen LogP contribution in [0.15, 0.2) is 55.0 Å². The van der Waals surface area contributed by atoms with Gasteiger partial charge in [-0.15, -0.1) is 0 Å². The van der Waals surface area contributed by atoms with E-state index in [4.69, 9.17) is 0 Å². The second kappa shape index (κ2) is 5.53. The fourth-order valence-electron chi connectivity index (χ4n) is 2.83. The van der Waals surface area contributed by atoms with E-state index >= 15 is 0 Å². The summed E-state index contributed by atoms with van der Waals surface area (Å²) < 4.78 is 15.5. The van der Waals surface area contributed by atoms with Gasteiger partial charge in [0.1, 0.15) is 5.82 Å². The third kappa shape index (κ3) is 2.34. The Balaban J connectivity index is 1.94. The molecule has 0 aliphatic heterocycles. The summed E-state index contributed by atoms with van der Waals surface area (Å²) >= 11 is 0. The fraction of sp³-hybridized carbons (Fsp3) is 0.105. The Labute approximate surface area is 138 Å². The van der Waals surface area contributed by atoms with Crippen LogP contribution in [0.2, 0.25) is 0 Å². The summed E-state index contributed by atoms with van der Waals surface area (Å²) in [5, 5.41) is 4.17. The highest BCUT2D eigenvalue weighted by Crippen LogP contribution is 2.32. The molecular weight excluding hydrogens is 303 g/mol. The van der Waals surface area contributed by atoms with Crippen LogP contribution >= 0.6 is 0 Å². The number of benzene rings is 1. The summed E-state index contributed by atoms with van der Waals surface area (Å²) in [6.45, 7) is 3.65. The van der Waals surface area contributed by atoms with Gasteiger partial charge in [-0.3, -0.25) is 4.98 Å². The van der Waals surface area contributed by atoms with Crippen molar-refractivity contribution in [1.29, 1.82) is 0 Å². The van der Waals surface area contributed by atoms with Crippen LogP contribution in [-0.2, 0) is 0 Å². The smallest absolute Gasteiger partial charge is 0.155 e. The number of halogens is 1. The lowest BCUT2D eigenvalue weighted by Crippen LogP contribution is -1.97. The summed E-state index contributed by atoms with van der Waals surface area (Å²) in [5.41, 5.74) is 5.67. The maximum atomic E-state index is 13.8. The lowest BCUT2D eigenvalue weighted by molar-refractivity contribution is 0.617. The van der Waals surface area contributed by atoms with Gasteiger partial charge in [0.2, 0.25) is 0 Å². The molecule has 0 saturated heterocycles. The molecule has 0 unspecified atom stereocenters. The minimum atomic E-state index is -0.201. The molecule has 5 heteroatoms. The number of nitrogens with zero attached hydrogens (tertiary/aromatic N) is 4. The van der Waals surface area contributed by atoms with Gasteiger partial charge >= 0.3 is 0 Å². The summed E-state index contributed by atoms with van der Waals surface area (Å²) in [6, 6.07) is 11.0. The van der Waals surface area contributed by atoms with Gasteiger partial charge in [0.15, 0.2) is 5.65 Å². The molecule has 0 radical (unpaired) electrons. The largest absolute Gasteiger partial charge is 0.256 e. The Morgan fingerprint density at radius 1 is 0.958 bits per heavy atom. The van der Waals surface area contributed by atoms with Gasteiger partial charge in [0.25, 0.3) is 0 Å². The first-order valence-corrected chi connectivity index (χ1v) is 7.66. The average molecular weight is 318 g/mol. The van der Waals surface area contributed by atoms with Gasteiger partial charge in [-0.25, -0.2) is 13.9 Å². The lowest BCUT2D eigenvalue weighted by Gasteiger charge is -2.12. The molecule has 0 atom stereocenters. The average Bonchev–Trinajstić information content (AvgIpc) is 3.06. The van der Waals surface area contributed by atoms with E-state index in [1.54, 1.807) is 29.9 Å². The molecule has 0 amide bonds. The molecule has 3 aromatic heterocycles. The topological polar surface area (TPSA) is 43.1 Å². The minimum absolute atomic E-state index is 0.201. The first kappa shape index (κ1) is 14.5. The zero-order valence-electron chi connectivity index (χ0n) is 13.4. The summed E-state index contributed by atoms with van der Waals surface area (Å²) in [5.74, 6) is -0.201. The summed E-state index contributed by atoms with van der Waals surface area (Å²) in [7, 11) is 0. The molecule has 118 valence electrons. The van der Waals surface area contributed by atoms with Gasteiger partial charge in [-0.05, 0) is 55.3 Å². The fourth-order valence-corrected chi connectivity index (χ4v) is 2.83. The van der Waals surface area contributed by atoms with Crippen molar-refractivity contribution in [3.05, 3.63) is 71.9 Å². The van der Waals surface area contributed by atoms with Gasteiger partial charge in [0, 0.05) is 29.6 Å². The molecule has 0 spiro atoms. The van der Waals surface area contributed by atoms with Crippen LogP contribution in [0, 0.1) is 19.7 Å². The molecule has 3 heterocycles. The SMILES string of the molecule is Cc1cc(-c2ncccc2-c2ccn3nccc3n2)c(C)cc1F. The van der Waals surface area contributed by atoms with Gasteiger partial charge in [-0.1, -0.05) is 0 Å². The molecule has 4 aromatic rings. The van der Waals surface area contributed by atoms with Crippen LogP contribution in [0.5, 0.6) is 0 Å². The van der Waals surface area contributed by atoms with Crippen molar-refractivity contribution in [3.63, 3.8) is 0 Å². The van der Waals surface area contributed by atoms with E-state index in [0.29, 0.717) is 5.56 Å². The number of hydrogen-bond donors (Lipinski definition) is 0. The van der Waals surface area contributed by atoms with Crippen molar-refractivity contribution in [2.24, 2.45) is 0 Å². The molecule has 1 aromatic carbocycles. The molecule has 4 rings (SSSR count). The van der Waals surface area contributed by atoms with Crippen molar-refractivity contribution in [1.82, 2.24) is 19.6 Å². The third-order valence-electron chi connectivity index (χ3n) is 4.10. The Kier molecular flexibility index (Phi) is 3.34. The molecule has 24 heavy (non-hydrogen) atoms. The molecule has 0 bridgehead atoms. The van der Waals surface area contributed by atoms with Crippen LogP contribution < -0.4 is 0 Å². The van der Waals surface area contributed by atoms with E-state index in [-0.39, 0.29) is 5.82 Å². The Hall–Kier alpha value is -3.08. The highest BCUT2D eigenvalue weighted by Gasteiger charge is 2.14. The summed E-state index contributed by atoms with van der Waals surface area (Å²) in [6.07, 6.45) is 5.33. The van der Waals surface area contributed by atoms with Crippen molar-refractivity contribution < 1.29 is 4.39 Å². The van der Waals surface area contributed by atoms with Gasteiger partial charge in [-0.2, -0.15) is 5.10 Å². The lowest BCUT2D eigenvalue weighted by atomic mass is 9.97. The first-order chi connectivity index (χ1) is 11.6. The van der Waals surface area contributed by atoms with Crippen molar-refractivity contribution >= 4 is 5.65 Å². The van der Waals surface area contributed by atoms with E-state index in [2.05, 4.69) is 15.1 Å². The molecular formula is C19H15FN4. The number of hydrogen-bond acceptors (Lipinski definition) is 3. The monoisotopic (exact) mass is 318 g/mol. The zero-order valence-corrected chi connectivity index (χ0v) is 13.4. The Morgan fingerprint density at radius 2 is 1.83 bits per heavy atom. The molecule has 4 nitrogen and oxygen atoms in total. The van der Waals surface area contributed by atoms with Gasteiger partial charge in [0.05, 0.1) is 17.6 Å². The van der Waals surface area contributed by atoms with Crippen LogP contribution in [0.1, 0.15) is 11.1 Å².